The number of hydrogen-bond acceptors (Lipinski definition) is 2. The Bertz CT molecular complexity index is 223. The molecule has 1 aliphatic carbocycles. The highest BCUT2D eigenvalue weighted by Gasteiger charge is 2.24. The van der Waals surface area contributed by atoms with Gasteiger partial charge in [-0.2, -0.15) is 0 Å². The topological polar surface area (TPSA) is 41.1 Å². The van der Waals surface area contributed by atoms with E-state index in [1.54, 1.807) is 0 Å². The molecule has 4 heteroatoms. The molecule has 0 spiro atoms. The standard InChI is InChI=1S/C13H26N2O.ClH/c1-4-9-14-11(3)13(16)15-12-8-6-5-7-10(12)2;/h10-12,14H,4-9H2,1-3H3,(H,15,16);1H. The van der Waals surface area contributed by atoms with Gasteiger partial charge in [0.1, 0.15) is 0 Å². The molecule has 0 aromatic rings. The molecule has 0 radical (unpaired) electrons. The quantitative estimate of drug-likeness (QED) is 0.799. The van der Waals surface area contributed by atoms with Crippen LogP contribution in [0.1, 0.15) is 52.9 Å². The molecule has 3 atom stereocenters. The molecule has 102 valence electrons. The van der Waals surface area contributed by atoms with Crippen molar-refractivity contribution in [1.29, 1.82) is 0 Å². The lowest BCUT2D eigenvalue weighted by Gasteiger charge is -2.30. The molecule has 0 heterocycles. The lowest BCUT2D eigenvalue weighted by molar-refractivity contribution is -0.124. The number of carbonyl (C=O) groups is 1. The SMILES string of the molecule is CCCNC(C)C(=O)NC1CCCCC1C.Cl. The number of halogens is 1. The minimum absolute atomic E-state index is 0. The van der Waals surface area contributed by atoms with Crippen molar-refractivity contribution in [2.45, 2.75) is 65.0 Å². The summed E-state index contributed by atoms with van der Waals surface area (Å²) in [5, 5.41) is 6.40. The molecule has 3 nitrogen and oxygen atoms in total. The van der Waals surface area contributed by atoms with Gasteiger partial charge in [0.15, 0.2) is 0 Å². The second-order valence-electron chi connectivity index (χ2n) is 5.05. The molecule has 3 unspecified atom stereocenters. The van der Waals surface area contributed by atoms with Gasteiger partial charge in [-0.15, -0.1) is 12.4 Å². The van der Waals surface area contributed by atoms with Crippen molar-refractivity contribution in [3.63, 3.8) is 0 Å². The maximum Gasteiger partial charge on any atom is 0.237 e. The Kier molecular flexibility index (Phi) is 8.61. The summed E-state index contributed by atoms with van der Waals surface area (Å²) in [5.41, 5.74) is 0. The molecule has 1 aliphatic rings. The van der Waals surface area contributed by atoms with Crippen molar-refractivity contribution < 1.29 is 4.79 Å². The summed E-state index contributed by atoms with van der Waals surface area (Å²) in [6.45, 7) is 7.21. The van der Waals surface area contributed by atoms with Crippen LogP contribution in [-0.2, 0) is 4.79 Å². The van der Waals surface area contributed by atoms with Gasteiger partial charge in [-0.05, 0) is 38.6 Å². The van der Waals surface area contributed by atoms with Gasteiger partial charge in [-0.25, -0.2) is 0 Å². The van der Waals surface area contributed by atoms with Crippen LogP contribution in [0, 0.1) is 5.92 Å². The number of rotatable bonds is 5. The minimum Gasteiger partial charge on any atom is -0.352 e. The number of carbonyl (C=O) groups excluding carboxylic acids is 1. The highest BCUT2D eigenvalue weighted by Crippen LogP contribution is 2.23. The fourth-order valence-electron chi connectivity index (χ4n) is 2.29. The van der Waals surface area contributed by atoms with E-state index in [2.05, 4.69) is 24.5 Å². The van der Waals surface area contributed by atoms with Gasteiger partial charge in [0.2, 0.25) is 5.91 Å². The van der Waals surface area contributed by atoms with Crippen LogP contribution in [0.3, 0.4) is 0 Å². The summed E-state index contributed by atoms with van der Waals surface area (Å²) in [6.07, 6.45) is 6.04. The van der Waals surface area contributed by atoms with Crippen LogP contribution in [0.4, 0.5) is 0 Å². The Labute approximate surface area is 112 Å². The van der Waals surface area contributed by atoms with Gasteiger partial charge in [0.25, 0.3) is 0 Å². The molecule has 1 amide bonds. The second-order valence-corrected chi connectivity index (χ2v) is 5.05. The average Bonchev–Trinajstić information content (AvgIpc) is 2.28. The summed E-state index contributed by atoms with van der Waals surface area (Å²) in [5.74, 6) is 0.795. The molecule has 2 N–H and O–H groups in total. The Morgan fingerprint density at radius 3 is 2.59 bits per heavy atom. The number of hydrogen-bond donors (Lipinski definition) is 2. The predicted octanol–water partition coefficient (Wildman–Crippen LogP) is 2.49. The molecular weight excluding hydrogens is 236 g/mol. The normalized spacial score (nSPS) is 25.8. The third-order valence-corrected chi connectivity index (χ3v) is 3.53. The molecule has 1 saturated carbocycles. The van der Waals surface area contributed by atoms with Crippen LogP contribution in [0.2, 0.25) is 0 Å². The summed E-state index contributed by atoms with van der Waals surface area (Å²) in [7, 11) is 0. The molecule has 0 aliphatic heterocycles. The monoisotopic (exact) mass is 262 g/mol. The van der Waals surface area contributed by atoms with Crippen molar-refractivity contribution in [3.05, 3.63) is 0 Å². The molecule has 1 fully saturated rings. The summed E-state index contributed by atoms with van der Waals surface area (Å²) < 4.78 is 0. The van der Waals surface area contributed by atoms with Crippen LogP contribution >= 0.6 is 12.4 Å². The second kappa shape index (κ2) is 8.76. The molecule has 0 saturated heterocycles. The van der Waals surface area contributed by atoms with E-state index in [0.717, 1.165) is 19.4 Å². The summed E-state index contributed by atoms with van der Waals surface area (Å²) in [4.78, 5) is 11.9. The average molecular weight is 263 g/mol. The van der Waals surface area contributed by atoms with Gasteiger partial charge in [-0.3, -0.25) is 4.79 Å². The first kappa shape index (κ1) is 16.7. The molecule has 0 bridgehead atoms. The minimum atomic E-state index is -0.0610. The first-order valence-electron chi connectivity index (χ1n) is 6.69. The van der Waals surface area contributed by atoms with Crippen molar-refractivity contribution in [1.82, 2.24) is 10.6 Å². The van der Waals surface area contributed by atoms with Gasteiger partial charge in [0.05, 0.1) is 6.04 Å². The Morgan fingerprint density at radius 1 is 1.35 bits per heavy atom. The summed E-state index contributed by atoms with van der Waals surface area (Å²) >= 11 is 0. The van der Waals surface area contributed by atoms with Crippen LogP contribution in [0.15, 0.2) is 0 Å². The third kappa shape index (κ3) is 5.73. The largest absolute Gasteiger partial charge is 0.352 e. The van der Waals surface area contributed by atoms with Gasteiger partial charge >= 0.3 is 0 Å². The van der Waals surface area contributed by atoms with E-state index in [4.69, 9.17) is 0 Å². The maximum absolute atomic E-state index is 11.9. The van der Waals surface area contributed by atoms with Gasteiger partial charge in [0, 0.05) is 6.04 Å². The van der Waals surface area contributed by atoms with E-state index in [-0.39, 0.29) is 24.4 Å². The molecular formula is C13H27ClN2O. The first-order chi connectivity index (χ1) is 7.65. The van der Waals surface area contributed by atoms with E-state index in [0.29, 0.717) is 12.0 Å². The van der Waals surface area contributed by atoms with Crippen molar-refractivity contribution in [3.8, 4) is 0 Å². The van der Waals surface area contributed by atoms with E-state index in [1.807, 2.05) is 6.92 Å². The number of amides is 1. The third-order valence-electron chi connectivity index (χ3n) is 3.53. The lowest BCUT2D eigenvalue weighted by Crippen LogP contribution is -2.49. The van der Waals surface area contributed by atoms with Crippen LogP contribution in [0.25, 0.3) is 0 Å². The van der Waals surface area contributed by atoms with Gasteiger partial charge in [-0.1, -0.05) is 26.7 Å². The highest BCUT2D eigenvalue weighted by molar-refractivity contribution is 5.85. The van der Waals surface area contributed by atoms with Crippen molar-refractivity contribution in [2.24, 2.45) is 5.92 Å². The van der Waals surface area contributed by atoms with Crippen molar-refractivity contribution in [2.75, 3.05) is 6.54 Å². The van der Waals surface area contributed by atoms with Gasteiger partial charge < -0.3 is 10.6 Å². The smallest absolute Gasteiger partial charge is 0.237 e. The van der Waals surface area contributed by atoms with E-state index >= 15 is 0 Å². The van der Waals surface area contributed by atoms with Crippen molar-refractivity contribution >= 4 is 18.3 Å². The van der Waals surface area contributed by atoms with Crippen LogP contribution in [-0.4, -0.2) is 24.5 Å². The number of nitrogens with one attached hydrogen (secondary N) is 2. The first-order valence-corrected chi connectivity index (χ1v) is 6.69. The fourth-order valence-corrected chi connectivity index (χ4v) is 2.29. The zero-order valence-electron chi connectivity index (χ0n) is 11.3. The highest BCUT2D eigenvalue weighted by atomic mass is 35.5. The Hall–Kier alpha value is -0.280. The lowest BCUT2D eigenvalue weighted by atomic mass is 9.86. The fraction of sp³-hybridized carbons (Fsp3) is 0.923. The predicted molar refractivity (Wildman–Crippen MR) is 74.6 cm³/mol. The molecule has 0 aromatic heterocycles. The van der Waals surface area contributed by atoms with E-state index < -0.39 is 0 Å². The zero-order chi connectivity index (χ0) is 12.0. The molecule has 1 rings (SSSR count). The zero-order valence-corrected chi connectivity index (χ0v) is 12.1. The maximum atomic E-state index is 11.9. The van der Waals surface area contributed by atoms with E-state index in [9.17, 15) is 4.79 Å². The Balaban J connectivity index is 0.00000256. The molecule has 0 aromatic carbocycles. The Morgan fingerprint density at radius 2 is 2.00 bits per heavy atom. The summed E-state index contributed by atoms with van der Waals surface area (Å²) in [6, 6.07) is 0.334. The van der Waals surface area contributed by atoms with Crippen LogP contribution < -0.4 is 10.6 Å². The van der Waals surface area contributed by atoms with Crippen LogP contribution in [0.5, 0.6) is 0 Å². The molecule has 17 heavy (non-hydrogen) atoms. The van der Waals surface area contributed by atoms with E-state index in [1.165, 1.54) is 19.3 Å².